The fraction of sp³-hybridized carbons (Fsp3) is 0. The molecule has 0 unspecified atom stereocenters. The summed E-state index contributed by atoms with van der Waals surface area (Å²) in [5.41, 5.74) is 2.03. The number of hydroxylamine groups is 2. The number of fused-ring (bicyclic) bond motifs is 1. The van der Waals surface area contributed by atoms with Crippen molar-refractivity contribution in [3.8, 4) is 0 Å². The summed E-state index contributed by atoms with van der Waals surface area (Å²) in [4.78, 5) is 16.6. The third-order valence-corrected chi connectivity index (χ3v) is 2.84. The molecule has 4 heteroatoms. The van der Waals surface area contributed by atoms with Crippen molar-refractivity contribution in [1.29, 1.82) is 0 Å². The third kappa shape index (κ3) is 1.59. The SMILES string of the molecule is O=C1C(=C2C=CC=CN2O)C=Nc2ccccc21. The summed E-state index contributed by atoms with van der Waals surface area (Å²) in [6.45, 7) is 0. The van der Waals surface area contributed by atoms with Gasteiger partial charge in [-0.1, -0.05) is 18.2 Å². The van der Waals surface area contributed by atoms with Gasteiger partial charge in [0.15, 0.2) is 5.78 Å². The number of carbonyl (C=O) groups excluding carboxylic acids is 1. The molecule has 3 rings (SSSR count). The van der Waals surface area contributed by atoms with Gasteiger partial charge < -0.3 is 0 Å². The predicted molar refractivity (Wildman–Crippen MR) is 67.9 cm³/mol. The number of carbonyl (C=O) groups is 1. The Bertz CT molecular complexity index is 639. The summed E-state index contributed by atoms with van der Waals surface area (Å²) in [5.74, 6) is -0.130. The second-order valence-electron chi connectivity index (χ2n) is 3.95. The van der Waals surface area contributed by atoms with Crippen LogP contribution in [0.25, 0.3) is 0 Å². The van der Waals surface area contributed by atoms with Crippen LogP contribution in [-0.4, -0.2) is 22.3 Å². The highest BCUT2D eigenvalue weighted by Crippen LogP contribution is 2.28. The van der Waals surface area contributed by atoms with E-state index in [1.165, 1.54) is 12.4 Å². The van der Waals surface area contributed by atoms with Crippen molar-refractivity contribution in [3.05, 3.63) is 65.5 Å². The summed E-state index contributed by atoms with van der Waals surface area (Å²) in [5, 5.41) is 10.6. The van der Waals surface area contributed by atoms with Gasteiger partial charge in [0.05, 0.1) is 17.0 Å². The zero-order chi connectivity index (χ0) is 12.5. The monoisotopic (exact) mass is 238 g/mol. The lowest BCUT2D eigenvalue weighted by molar-refractivity contribution is -0.000941. The van der Waals surface area contributed by atoms with Crippen LogP contribution >= 0.6 is 0 Å². The largest absolute Gasteiger partial charge is 0.288 e. The molecule has 1 N–H and O–H groups in total. The van der Waals surface area contributed by atoms with E-state index >= 15 is 0 Å². The molecule has 2 aliphatic rings. The maximum Gasteiger partial charge on any atom is 0.198 e. The number of nitrogens with zero attached hydrogens (tertiary/aromatic N) is 2. The Balaban J connectivity index is 2.14. The number of hydrogen-bond acceptors (Lipinski definition) is 4. The molecule has 18 heavy (non-hydrogen) atoms. The van der Waals surface area contributed by atoms with Gasteiger partial charge in [-0.2, -0.15) is 0 Å². The zero-order valence-electron chi connectivity index (χ0n) is 9.45. The van der Waals surface area contributed by atoms with Crippen molar-refractivity contribution in [1.82, 2.24) is 5.06 Å². The highest BCUT2D eigenvalue weighted by atomic mass is 16.5. The number of Topliss-reactive ketones (excluding diaryl/α,β-unsaturated/α-hetero) is 1. The molecule has 0 atom stereocenters. The molecule has 0 fully saturated rings. The van der Waals surface area contributed by atoms with Gasteiger partial charge in [-0.05, 0) is 24.3 Å². The number of aliphatic imine (C=N–C) groups is 1. The van der Waals surface area contributed by atoms with Gasteiger partial charge in [0, 0.05) is 18.0 Å². The fourth-order valence-electron chi connectivity index (χ4n) is 1.95. The molecule has 1 aromatic rings. The van der Waals surface area contributed by atoms with Crippen LogP contribution in [-0.2, 0) is 0 Å². The minimum absolute atomic E-state index is 0.130. The molecule has 0 amide bonds. The molecule has 4 nitrogen and oxygen atoms in total. The van der Waals surface area contributed by atoms with Gasteiger partial charge in [-0.25, -0.2) is 5.06 Å². The van der Waals surface area contributed by atoms with E-state index in [4.69, 9.17) is 0 Å². The first kappa shape index (κ1) is 10.7. The van der Waals surface area contributed by atoms with Crippen LogP contribution in [0.4, 0.5) is 5.69 Å². The van der Waals surface area contributed by atoms with Crippen LogP contribution in [0, 0.1) is 0 Å². The van der Waals surface area contributed by atoms with E-state index in [2.05, 4.69) is 4.99 Å². The Kier molecular flexibility index (Phi) is 2.42. The molecular weight excluding hydrogens is 228 g/mol. The standard InChI is InChI=1S/C14H10N2O2/c17-14-10-5-1-2-6-12(10)15-9-11(14)13-7-3-4-8-16(13)18/h1-9,18H. The zero-order valence-corrected chi connectivity index (χ0v) is 9.45. The van der Waals surface area contributed by atoms with Gasteiger partial charge in [0.2, 0.25) is 0 Å². The molecule has 2 heterocycles. The van der Waals surface area contributed by atoms with E-state index in [0.717, 1.165) is 5.06 Å². The average Bonchev–Trinajstić information content (AvgIpc) is 2.41. The number of benzene rings is 1. The molecule has 0 aromatic heterocycles. The van der Waals surface area contributed by atoms with Crippen LogP contribution in [0.3, 0.4) is 0 Å². The van der Waals surface area contributed by atoms with Gasteiger partial charge in [0.25, 0.3) is 0 Å². The first-order chi connectivity index (χ1) is 8.77. The van der Waals surface area contributed by atoms with Crippen LogP contribution in [0.5, 0.6) is 0 Å². The molecule has 1 aromatic carbocycles. The van der Waals surface area contributed by atoms with E-state index < -0.39 is 0 Å². The Labute approximate surface area is 104 Å². The number of hydrogen-bond donors (Lipinski definition) is 1. The van der Waals surface area contributed by atoms with Crippen molar-refractivity contribution in [3.63, 3.8) is 0 Å². The normalized spacial score (nSPS) is 21.4. The van der Waals surface area contributed by atoms with E-state index in [9.17, 15) is 10.0 Å². The van der Waals surface area contributed by atoms with Crippen molar-refractivity contribution in [2.24, 2.45) is 4.99 Å². The molecule has 2 aliphatic heterocycles. The first-order valence-corrected chi connectivity index (χ1v) is 5.52. The topological polar surface area (TPSA) is 52.9 Å². The molecule has 0 saturated heterocycles. The predicted octanol–water partition coefficient (Wildman–Crippen LogP) is 2.61. The Morgan fingerprint density at radius 2 is 2.00 bits per heavy atom. The lowest BCUT2D eigenvalue weighted by Gasteiger charge is -2.20. The molecular formula is C14H10N2O2. The van der Waals surface area contributed by atoms with E-state index in [1.54, 1.807) is 36.4 Å². The fourth-order valence-corrected chi connectivity index (χ4v) is 1.95. The third-order valence-electron chi connectivity index (χ3n) is 2.84. The number of rotatable bonds is 0. The van der Waals surface area contributed by atoms with Crippen molar-refractivity contribution in [2.45, 2.75) is 0 Å². The highest BCUT2D eigenvalue weighted by molar-refractivity contribution is 6.26. The Morgan fingerprint density at radius 3 is 2.83 bits per heavy atom. The summed E-state index contributed by atoms with van der Waals surface area (Å²) in [6, 6.07) is 7.16. The maximum atomic E-state index is 12.3. The molecule has 0 bridgehead atoms. The molecule has 88 valence electrons. The number of para-hydroxylation sites is 1. The van der Waals surface area contributed by atoms with Crippen molar-refractivity contribution in [2.75, 3.05) is 0 Å². The quantitative estimate of drug-likeness (QED) is 0.707. The van der Waals surface area contributed by atoms with E-state index in [1.807, 2.05) is 6.07 Å². The second-order valence-corrected chi connectivity index (χ2v) is 3.95. The van der Waals surface area contributed by atoms with Crippen LogP contribution in [0.1, 0.15) is 10.4 Å². The summed E-state index contributed by atoms with van der Waals surface area (Å²) < 4.78 is 0. The minimum atomic E-state index is -0.130. The Morgan fingerprint density at radius 1 is 1.17 bits per heavy atom. The molecule has 0 saturated carbocycles. The smallest absolute Gasteiger partial charge is 0.198 e. The van der Waals surface area contributed by atoms with Gasteiger partial charge in [-0.15, -0.1) is 0 Å². The first-order valence-electron chi connectivity index (χ1n) is 5.52. The Hall–Kier alpha value is -2.46. The second kappa shape index (κ2) is 4.09. The highest BCUT2D eigenvalue weighted by Gasteiger charge is 2.23. The number of ketones is 1. The summed E-state index contributed by atoms with van der Waals surface area (Å²) in [6.07, 6.45) is 8.09. The van der Waals surface area contributed by atoms with Gasteiger partial charge in [-0.3, -0.25) is 15.0 Å². The van der Waals surface area contributed by atoms with Crippen molar-refractivity contribution < 1.29 is 10.0 Å². The average molecular weight is 238 g/mol. The van der Waals surface area contributed by atoms with E-state index in [-0.39, 0.29) is 5.78 Å². The molecule has 0 aliphatic carbocycles. The van der Waals surface area contributed by atoms with Gasteiger partial charge >= 0.3 is 0 Å². The van der Waals surface area contributed by atoms with Crippen LogP contribution in [0.15, 0.2) is 65.0 Å². The maximum absolute atomic E-state index is 12.3. The minimum Gasteiger partial charge on any atom is -0.288 e. The van der Waals surface area contributed by atoms with Crippen LogP contribution < -0.4 is 0 Å². The summed E-state index contributed by atoms with van der Waals surface area (Å²) in [7, 11) is 0. The molecule has 0 radical (unpaired) electrons. The summed E-state index contributed by atoms with van der Waals surface area (Å²) >= 11 is 0. The van der Waals surface area contributed by atoms with Crippen molar-refractivity contribution >= 4 is 17.7 Å². The van der Waals surface area contributed by atoms with Gasteiger partial charge in [0.1, 0.15) is 0 Å². The van der Waals surface area contributed by atoms with Crippen LogP contribution in [0.2, 0.25) is 0 Å². The lowest BCUT2D eigenvalue weighted by atomic mass is 9.97. The van der Waals surface area contributed by atoms with E-state index in [0.29, 0.717) is 22.5 Å². The number of allylic oxidation sites excluding steroid dienone is 4. The molecule has 0 spiro atoms. The lowest BCUT2D eigenvalue weighted by Crippen LogP contribution is -2.20.